The van der Waals surface area contributed by atoms with Gasteiger partial charge >= 0.3 is 0 Å². The average molecular weight is 460 g/mol. The average Bonchev–Trinajstić information content (AvgIpc) is 3.41. The van der Waals surface area contributed by atoms with Crippen molar-refractivity contribution in [1.82, 2.24) is 0 Å². The van der Waals surface area contributed by atoms with Crippen LogP contribution in [0.1, 0.15) is 35.7 Å². The normalized spacial score (nSPS) is 20.0. The van der Waals surface area contributed by atoms with Crippen molar-refractivity contribution in [2.75, 3.05) is 15.5 Å². The molecule has 1 saturated heterocycles. The largest absolute Gasteiger partial charge is 0.326 e. The molecule has 3 aromatic rings. The number of nitrogens with zero attached hydrogens (tertiary/aromatic N) is 1. The number of amides is 3. The van der Waals surface area contributed by atoms with E-state index in [1.165, 1.54) is 0 Å². The van der Waals surface area contributed by atoms with Gasteiger partial charge in [-0.2, -0.15) is 0 Å². The lowest BCUT2D eigenvalue weighted by atomic mass is 9.97. The second kappa shape index (κ2) is 8.83. The fraction of sp³-hybridized carbons (Fsp3) is 0.269. The van der Waals surface area contributed by atoms with Crippen molar-refractivity contribution in [3.05, 3.63) is 76.5 Å². The van der Waals surface area contributed by atoms with Crippen molar-refractivity contribution < 1.29 is 14.4 Å². The lowest BCUT2D eigenvalue weighted by Crippen LogP contribution is -2.32. The Hall–Kier alpha value is -3.45. The predicted octanol–water partition coefficient (Wildman–Crippen LogP) is 5.14. The molecule has 33 heavy (non-hydrogen) atoms. The number of aryl methyl sites for hydroxylation is 1. The molecule has 0 radical (unpaired) electrons. The zero-order valence-electron chi connectivity index (χ0n) is 18.3. The summed E-state index contributed by atoms with van der Waals surface area (Å²) in [7, 11) is 0. The van der Waals surface area contributed by atoms with Gasteiger partial charge in [0.05, 0.1) is 12.0 Å². The minimum Gasteiger partial charge on any atom is -0.326 e. The first-order valence-corrected chi connectivity index (χ1v) is 12.0. The molecular weight excluding hydrogens is 434 g/mol. The second-order valence-corrected chi connectivity index (χ2v) is 9.68. The lowest BCUT2D eigenvalue weighted by Gasteiger charge is -2.27. The summed E-state index contributed by atoms with van der Waals surface area (Å²) in [6, 6.07) is 18.5. The van der Waals surface area contributed by atoms with Crippen LogP contribution in [0, 0.1) is 18.8 Å². The number of carbonyl (C=O) groups is 3. The number of rotatable bonds is 6. The highest BCUT2D eigenvalue weighted by Gasteiger charge is 2.45. The molecule has 2 aliphatic rings. The highest BCUT2D eigenvalue weighted by Crippen LogP contribution is 2.43. The quantitative estimate of drug-likeness (QED) is 0.536. The number of benzene rings is 2. The molecule has 2 fully saturated rings. The summed E-state index contributed by atoms with van der Waals surface area (Å²) in [5.41, 5.74) is 3.26. The predicted molar refractivity (Wildman–Crippen MR) is 130 cm³/mol. The Bertz CT molecular complexity index is 1170. The van der Waals surface area contributed by atoms with Crippen molar-refractivity contribution in [2.24, 2.45) is 11.8 Å². The molecule has 5 rings (SSSR count). The molecule has 0 bridgehead atoms. The summed E-state index contributed by atoms with van der Waals surface area (Å²) >= 11 is 1.55. The fourth-order valence-electron chi connectivity index (χ4n) is 4.23. The Kier molecular flexibility index (Phi) is 5.72. The highest BCUT2D eigenvalue weighted by atomic mass is 32.1. The van der Waals surface area contributed by atoms with Gasteiger partial charge in [-0.25, -0.2) is 0 Å². The van der Waals surface area contributed by atoms with Crippen molar-refractivity contribution in [2.45, 2.75) is 32.2 Å². The van der Waals surface area contributed by atoms with Crippen molar-refractivity contribution in [3.8, 4) is 0 Å². The number of hydrogen-bond donors (Lipinski definition) is 2. The van der Waals surface area contributed by atoms with E-state index in [0.717, 1.165) is 29.0 Å². The lowest BCUT2D eigenvalue weighted by molar-refractivity contribution is -0.122. The van der Waals surface area contributed by atoms with Gasteiger partial charge in [-0.3, -0.25) is 14.4 Å². The maximum atomic E-state index is 13.3. The molecule has 2 heterocycles. The summed E-state index contributed by atoms with van der Waals surface area (Å²) in [4.78, 5) is 41.0. The van der Waals surface area contributed by atoms with Crippen LogP contribution in [-0.4, -0.2) is 17.7 Å². The summed E-state index contributed by atoms with van der Waals surface area (Å²) in [6.45, 7) is 2.01. The molecule has 1 saturated carbocycles. The molecule has 6 nitrogen and oxygen atoms in total. The van der Waals surface area contributed by atoms with Gasteiger partial charge in [-0.1, -0.05) is 23.8 Å². The van der Waals surface area contributed by atoms with Gasteiger partial charge in [0.25, 0.3) is 0 Å². The van der Waals surface area contributed by atoms with Gasteiger partial charge in [-0.05, 0) is 67.6 Å². The Morgan fingerprint density at radius 3 is 2.12 bits per heavy atom. The van der Waals surface area contributed by atoms with E-state index in [2.05, 4.69) is 10.6 Å². The van der Waals surface area contributed by atoms with E-state index < -0.39 is 5.92 Å². The van der Waals surface area contributed by atoms with Crippen LogP contribution < -0.4 is 15.5 Å². The molecule has 3 amide bonds. The molecule has 2 N–H and O–H groups in total. The Labute approximate surface area is 196 Å². The van der Waals surface area contributed by atoms with Gasteiger partial charge in [0.2, 0.25) is 17.7 Å². The summed E-state index contributed by atoms with van der Waals surface area (Å²) in [6.07, 6.45) is 2.05. The van der Waals surface area contributed by atoms with E-state index in [-0.39, 0.29) is 36.1 Å². The monoisotopic (exact) mass is 459 g/mol. The Morgan fingerprint density at radius 2 is 1.55 bits per heavy atom. The summed E-state index contributed by atoms with van der Waals surface area (Å²) in [5, 5.41) is 7.83. The van der Waals surface area contributed by atoms with Crippen molar-refractivity contribution in [3.63, 3.8) is 0 Å². The van der Waals surface area contributed by atoms with Crippen LogP contribution in [-0.2, 0) is 14.4 Å². The maximum Gasteiger partial charge on any atom is 0.230 e. The van der Waals surface area contributed by atoms with Crippen LogP contribution in [0.4, 0.5) is 17.1 Å². The molecule has 2 atom stereocenters. The van der Waals surface area contributed by atoms with Crippen LogP contribution in [0.2, 0.25) is 0 Å². The van der Waals surface area contributed by atoms with E-state index in [1.807, 2.05) is 48.7 Å². The Balaban J connectivity index is 1.34. The van der Waals surface area contributed by atoms with Crippen LogP contribution >= 0.6 is 11.3 Å². The zero-order chi connectivity index (χ0) is 22.9. The highest BCUT2D eigenvalue weighted by molar-refractivity contribution is 7.10. The van der Waals surface area contributed by atoms with E-state index in [1.54, 1.807) is 40.5 Å². The fourth-order valence-corrected chi connectivity index (χ4v) is 5.11. The first-order valence-electron chi connectivity index (χ1n) is 11.1. The molecular formula is C26H25N3O3S. The van der Waals surface area contributed by atoms with Crippen LogP contribution in [0.15, 0.2) is 66.0 Å². The minimum absolute atomic E-state index is 0.0474. The number of carbonyl (C=O) groups excluding carboxylic acids is 3. The van der Waals surface area contributed by atoms with Crippen LogP contribution in [0.5, 0.6) is 0 Å². The summed E-state index contributed by atoms with van der Waals surface area (Å²) < 4.78 is 0. The topological polar surface area (TPSA) is 78.5 Å². The van der Waals surface area contributed by atoms with E-state index in [4.69, 9.17) is 0 Å². The second-order valence-electron chi connectivity index (χ2n) is 8.70. The Morgan fingerprint density at radius 1 is 0.909 bits per heavy atom. The standard InChI is InChI=1S/C26H25N3O3S/c1-16-4-12-20(13-5-16)29-23(30)15-21(24(29)22-3-2-14-33-22)26(32)28-19-10-8-18(9-11-19)27-25(31)17-6-7-17/h2-5,8-14,17,21,24H,6-7,15H2,1H3,(H,27,31)(H,28,32). The zero-order valence-corrected chi connectivity index (χ0v) is 19.1. The number of nitrogens with one attached hydrogen (secondary N) is 2. The smallest absolute Gasteiger partial charge is 0.230 e. The van der Waals surface area contributed by atoms with Crippen LogP contribution in [0.3, 0.4) is 0 Å². The number of anilines is 3. The van der Waals surface area contributed by atoms with Crippen molar-refractivity contribution in [1.29, 1.82) is 0 Å². The molecule has 1 aliphatic heterocycles. The maximum absolute atomic E-state index is 13.3. The molecule has 1 aliphatic carbocycles. The van der Waals surface area contributed by atoms with Gasteiger partial charge in [-0.15, -0.1) is 11.3 Å². The van der Waals surface area contributed by atoms with Gasteiger partial charge in [0, 0.05) is 34.3 Å². The van der Waals surface area contributed by atoms with E-state index in [9.17, 15) is 14.4 Å². The molecule has 1 aromatic heterocycles. The first-order chi connectivity index (χ1) is 16.0. The van der Waals surface area contributed by atoms with E-state index in [0.29, 0.717) is 11.4 Å². The van der Waals surface area contributed by atoms with E-state index >= 15 is 0 Å². The van der Waals surface area contributed by atoms with Crippen molar-refractivity contribution >= 4 is 46.1 Å². The molecule has 7 heteroatoms. The third kappa shape index (κ3) is 4.54. The number of hydrogen-bond acceptors (Lipinski definition) is 4. The molecule has 2 unspecified atom stereocenters. The van der Waals surface area contributed by atoms with Crippen LogP contribution in [0.25, 0.3) is 0 Å². The summed E-state index contributed by atoms with van der Waals surface area (Å²) in [5.74, 6) is -0.574. The third-order valence-electron chi connectivity index (χ3n) is 6.17. The number of thiophene rings is 1. The third-order valence-corrected chi connectivity index (χ3v) is 7.12. The first kappa shape index (κ1) is 21.4. The SMILES string of the molecule is Cc1ccc(N2C(=O)CC(C(=O)Nc3ccc(NC(=O)C4CC4)cc3)C2c2cccs2)cc1. The minimum atomic E-state index is -0.508. The molecule has 0 spiro atoms. The van der Waals surface area contributed by atoms with Gasteiger partial charge in [0.1, 0.15) is 0 Å². The molecule has 168 valence electrons. The van der Waals surface area contributed by atoms with Gasteiger partial charge < -0.3 is 15.5 Å². The molecule has 2 aromatic carbocycles. The van der Waals surface area contributed by atoms with Gasteiger partial charge in [0.15, 0.2) is 0 Å².